The second-order valence-electron chi connectivity index (χ2n) is 19.4. The number of hydrogen-bond acceptors (Lipinski definition) is 17. The maximum absolute atomic E-state index is 15.0. The molecule has 79 heavy (non-hydrogen) atoms. The quantitative estimate of drug-likeness (QED) is 0.106. The first-order valence-corrected chi connectivity index (χ1v) is 25.2. The SMILES string of the molecule is CN[C@H](CC(C)C)C(=O)N[C@H]1C(=O)N[C@@H](CC(N)=O)C(=O)N[C@H]2CNC3C(=O)N[C@H](C(=O)N[C@H](C(=O)O)c4cc(O)cc(O)c4-c4cc3ccc4O)[C@H](O)c3ccc(c(Cl)c3)Oc3cc2cc(c3O)Oc2ccc(cc2Cl)[C@H]1O. The van der Waals surface area contributed by atoms with Crippen molar-refractivity contribution in [1.82, 2.24) is 37.2 Å². The first-order valence-electron chi connectivity index (χ1n) is 24.4. The highest BCUT2D eigenvalue weighted by Gasteiger charge is 2.40. The van der Waals surface area contributed by atoms with Crippen LogP contribution in [0, 0.1) is 5.92 Å². The van der Waals surface area contributed by atoms with Crippen molar-refractivity contribution < 1.29 is 78.8 Å². The lowest BCUT2D eigenvalue weighted by Crippen LogP contribution is -2.58. The minimum atomic E-state index is -2.11. The number of aromatic hydroxyl groups is 4. The number of aliphatic hydroxyl groups excluding tert-OH is 2. The summed E-state index contributed by atoms with van der Waals surface area (Å²) in [5.74, 6) is -12.0. The molecule has 16 N–H and O–H groups in total. The lowest BCUT2D eigenvalue weighted by molar-refractivity contribution is -0.143. The van der Waals surface area contributed by atoms with E-state index in [2.05, 4.69) is 37.2 Å². The molecule has 0 radical (unpaired) electrons. The standard InChI is InChI=1S/C53H54Cl2N8O16/c1-20(2)10-30(57-3)48(71)62-43-45(68)22-5-8-35(28(54)12-22)78-37-14-24-15-38(47(37)70)79-36-9-6-23(13-29(36)55)46(69)44-52(75)61-42(53(76)77)27-16-25(64)17-34(66)40(27)26-11-21(4-7-33(26)65)41(50(73)63-44)58-19-32(24)60-49(72)31(18-39(56)67)59-51(43)74/h4-9,11-17,20,30-32,41-46,57-58,64-66,68-70H,10,18-19H2,1-3H3,(H2,56,67)(H,59,74)(H,60,72)(H,61,75)(H,62,71)(H,63,73)(H,76,77)/t30-,31+,32+,41?,42+,43-,44+,45-,46-/m1/s1. The molecule has 0 spiro atoms. The third kappa shape index (κ3) is 12.2. The average Bonchev–Trinajstić information content (AvgIpc) is 3.43. The number of likely N-dealkylation sites (N-methyl/N-ethyl adjacent to an activating group) is 1. The molecule has 5 heterocycles. The molecule has 24 nitrogen and oxygen atoms in total. The Morgan fingerprint density at radius 1 is 0.709 bits per heavy atom. The summed E-state index contributed by atoms with van der Waals surface area (Å²) in [6.45, 7) is 3.14. The van der Waals surface area contributed by atoms with Crippen LogP contribution in [0.2, 0.25) is 10.0 Å². The van der Waals surface area contributed by atoms with Gasteiger partial charge in [-0.05, 0) is 96.2 Å². The summed E-state index contributed by atoms with van der Waals surface area (Å²) in [5, 5.41) is 97.5. The number of carbonyl (C=O) groups is 7. The van der Waals surface area contributed by atoms with Crippen LogP contribution in [-0.2, 0) is 33.6 Å². The number of carbonyl (C=O) groups excluding carboxylic acids is 6. The van der Waals surface area contributed by atoms with Gasteiger partial charge in [-0.15, -0.1) is 0 Å². The van der Waals surface area contributed by atoms with Crippen LogP contribution in [0.1, 0.15) is 84.8 Å². The van der Waals surface area contributed by atoms with Crippen molar-refractivity contribution >= 4 is 64.6 Å². The average molecular weight is 1130 g/mol. The minimum absolute atomic E-state index is 0.00213. The molecule has 0 saturated heterocycles. The van der Waals surface area contributed by atoms with E-state index in [1.165, 1.54) is 61.6 Å². The number of hydrogen-bond donors (Lipinski definition) is 15. The molecule has 6 amide bonds. The molecule has 5 aliphatic rings. The van der Waals surface area contributed by atoms with Crippen molar-refractivity contribution in [3.05, 3.63) is 117 Å². The largest absolute Gasteiger partial charge is 0.508 e. The second kappa shape index (κ2) is 23.3. The van der Waals surface area contributed by atoms with Gasteiger partial charge in [0.1, 0.15) is 65.1 Å². The van der Waals surface area contributed by atoms with E-state index in [9.17, 15) is 69.3 Å². The molecule has 0 aliphatic carbocycles. The van der Waals surface area contributed by atoms with E-state index in [0.29, 0.717) is 6.42 Å². The fourth-order valence-corrected chi connectivity index (χ4v) is 9.88. The number of aliphatic hydroxyl groups is 2. The van der Waals surface area contributed by atoms with E-state index >= 15 is 0 Å². The van der Waals surface area contributed by atoms with Gasteiger partial charge in [0.25, 0.3) is 0 Å². The fraction of sp³-hybridized carbons (Fsp3) is 0.302. The van der Waals surface area contributed by atoms with Crippen LogP contribution in [0.4, 0.5) is 0 Å². The van der Waals surface area contributed by atoms with Crippen LogP contribution < -0.4 is 52.4 Å². The number of carboxylic acids is 1. The fourth-order valence-electron chi connectivity index (χ4n) is 9.43. The summed E-state index contributed by atoms with van der Waals surface area (Å²) in [4.78, 5) is 98.2. The van der Waals surface area contributed by atoms with Gasteiger partial charge in [0, 0.05) is 29.3 Å². The van der Waals surface area contributed by atoms with E-state index in [1.54, 1.807) is 0 Å². The third-order valence-corrected chi connectivity index (χ3v) is 14.0. The number of amides is 6. The number of phenolic OH excluding ortho intramolecular Hbond substituents is 4. The lowest BCUT2D eigenvalue weighted by Gasteiger charge is -2.31. The van der Waals surface area contributed by atoms with Gasteiger partial charge in [0.05, 0.1) is 28.5 Å². The van der Waals surface area contributed by atoms with Gasteiger partial charge >= 0.3 is 5.97 Å². The molecule has 5 aliphatic heterocycles. The van der Waals surface area contributed by atoms with E-state index in [4.69, 9.17) is 38.4 Å². The summed E-state index contributed by atoms with van der Waals surface area (Å²) < 4.78 is 12.4. The Kier molecular flexibility index (Phi) is 16.7. The zero-order valence-electron chi connectivity index (χ0n) is 42.0. The highest BCUT2D eigenvalue weighted by Crippen LogP contribution is 2.47. The van der Waals surface area contributed by atoms with Crippen molar-refractivity contribution in [2.75, 3.05) is 13.6 Å². The van der Waals surface area contributed by atoms with Gasteiger partial charge in [-0.2, -0.15) is 0 Å². The van der Waals surface area contributed by atoms with Gasteiger partial charge in [-0.1, -0.05) is 55.2 Å². The molecule has 0 aromatic heterocycles. The molecular weight excluding hydrogens is 1080 g/mol. The lowest BCUT2D eigenvalue weighted by atomic mass is 9.89. The van der Waals surface area contributed by atoms with Crippen molar-refractivity contribution in [2.45, 2.75) is 81.2 Å². The number of aliphatic carboxylic acids is 1. The Labute approximate surface area is 459 Å². The molecule has 10 rings (SSSR count). The maximum Gasteiger partial charge on any atom is 0.330 e. The summed E-state index contributed by atoms with van der Waals surface area (Å²) in [7, 11) is 1.52. The Morgan fingerprint density at radius 3 is 1.91 bits per heavy atom. The van der Waals surface area contributed by atoms with Crippen LogP contribution in [0.15, 0.2) is 78.9 Å². The van der Waals surface area contributed by atoms with Crippen LogP contribution in [0.3, 0.4) is 0 Å². The predicted octanol–water partition coefficient (Wildman–Crippen LogP) is 2.87. The highest BCUT2D eigenvalue weighted by atomic mass is 35.5. The van der Waals surface area contributed by atoms with Crippen LogP contribution in [-0.4, -0.2) is 115 Å². The van der Waals surface area contributed by atoms with Gasteiger partial charge in [0.15, 0.2) is 17.5 Å². The molecule has 0 fully saturated rings. The summed E-state index contributed by atoms with van der Waals surface area (Å²) in [6.07, 6.45) is -4.47. The van der Waals surface area contributed by atoms with Crippen LogP contribution in [0.5, 0.6) is 46.0 Å². The van der Waals surface area contributed by atoms with Gasteiger partial charge < -0.3 is 82.9 Å². The minimum Gasteiger partial charge on any atom is -0.508 e. The molecule has 26 heteroatoms. The molecule has 0 saturated carbocycles. The number of carboxylic acid groups (broad SMARTS) is 1. The molecule has 9 atom stereocenters. The van der Waals surface area contributed by atoms with E-state index in [1.807, 2.05) is 13.8 Å². The van der Waals surface area contributed by atoms with Gasteiger partial charge in [-0.25, -0.2) is 4.79 Å². The maximum atomic E-state index is 15.0. The van der Waals surface area contributed by atoms with E-state index < -0.39 is 149 Å². The summed E-state index contributed by atoms with van der Waals surface area (Å²) >= 11 is 13.6. The predicted molar refractivity (Wildman–Crippen MR) is 280 cm³/mol. The molecule has 5 aromatic rings. The summed E-state index contributed by atoms with van der Waals surface area (Å²) in [6, 6.07) is 3.34. The first kappa shape index (κ1) is 56.8. The first-order chi connectivity index (χ1) is 37.4. The number of phenols is 4. The van der Waals surface area contributed by atoms with Crippen molar-refractivity contribution in [2.24, 2.45) is 11.7 Å². The molecule has 416 valence electrons. The van der Waals surface area contributed by atoms with Crippen molar-refractivity contribution in [1.29, 1.82) is 0 Å². The molecular formula is C53H54Cl2N8O16. The second-order valence-corrected chi connectivity index (χ2v) is 20.2. The topological polar surface area (TPSA) is 390 Å². The summed E-state index contributed by atoms with van der Waals surface area (Å²) in [5.41, 5.74) is 4.31. The smallest absolute Gasteiger partial charge is 0.330 e. The Morgan fingerprint density at radius 2 is 1.33 bits per heavy atom. The van der Waals surface area contributed by atoms with Gasteiger partial charge in [0.2, 0.25) is 41.2 Å². The Balaban J connectivity index is 1.34. The van der Waals surface area contributed by atoms with Crippen molar-refractivity contribution in [3.63, 3.8) is 0 Å². The normalized spacial score (nSPS) is 22.6. The molecule has 11 bridgehead atoms. The number of nitrogens with one attached hydrogen (secondary N) is 7. The van der Waals surface area contributed by atoms with Gasteiger partial charge in [-0.3, -0.25) is 34.1 Å². The van der Waals surface area contributed by atoms with E-state index in [0.717, 1.165) is 24.3 Å². The molecule has 1 unspecified atom stereocenters. The highest BCUT2D eigenvalue weighted by molar-refractivity contribution is 6.32. The number of primary amides is 1. The zero-order chi connectivity index (χ0) is 57.3. The van der Waals surface area contributed by atoms with Crippen LogP contribution in [0.25, 0.3) is 11.1 Å². The molecule has 5 aromatic carbocycles. The Hall–Kier alpha value is -8.39. The number of fused-ring (bicyclic) bond motifs is 15. The zero-order valence-corrected chi connectivity index (χ0v) is 43.6. The van der Waals surface area contributed by atoms with Crippen molar-refractivity contribution in [3.8, 4) is 57.1 Å². The number of halogens is 2. The Bertz CT molecular complexity index is 3290. The van der Waals surface area contributed by atoms with E-state index in [-0.39, 0.29) is 61.0 Å². The monoisotopic (exact) mass is 1130 g/mol. The number of ether oxygens (including phenoxy) is 2. The number of benzene rings is 5. The van der Waals surface area contributed by atoms with Crippen LogP contribution >= 0.6 is 23.2 Å². The number of nitrogens with two attached hydrogens (primary N) is 1. The third-order valence-electron chi connectivity index (χ3n) is 13.4. The number of rotatable bonds is 8.